The normalized spacial score (nSPS) is 10.6. The molecule has 0 amide bonds. The molecule has 0 aliphatic rings. The Hall–Kier alpha value is -2.62. The topological polar surface area (TPSA) is 98.5 Å². The molecule has 7 heteroatoms. The van der Waals surface area contributed by atoms with Gasteiger partial charge in [-0.3, -0.25) is 9.59 Å². The van der Waals surface area contributed by atoms with Crippen LogP contribution in [-0.2, 0) is 24.5 Å². The second kappa shape index (κ2) is 10.3. The molecule has 1 heterocycles. The fraction of sp³-hybridized carbons (Fsp3) is 0.556. The predicted octanol–water partition coefficient (Wildman–Crippen LogP) is 2.54. The van der Waals surface area contributed by atoms with Crippen LogP contribution >= 0.6 is 0 Å². The van der Waals surface area contributed by atoms with Crippen molar-refractivity contribution in [3.63, 3.8) is 0 Å². The van der Waals surface area contributed by atoms with Gasteiger partial charge in [0, 0.05) is 25.1 Å². The number of methoxy groups -OCH3 is 1. The average Bonchev–Trinajstić information content (AvgIpc) is 2.63. The predicted molar refractivity (Wildman–Crippen MR) is 89.8 cm³/mol. The van der Waals surface area contributed by atoms with E-state index in [0.717, 1.165) is 0 Å². The van der Waals surface area contributed by atoms with Crippen molar-refractivity contribution < 1.29 is 23.8 Å². The highest BCUT2D eigenvalue weighted by Crippen LogP contribution is 2.34. The van der Waals surface area contributed by atoms with Gasteiger partial charge in [-0.05, 0) is 32.3 Å². The van der Waals surface area contributed by atoms with E-state index in [0.29, 0.717) is 11.4 Å². The summed E-state index contributed by atoms with van der Waals surface area (Å²) in [6.07, 6.45) is 2.16. The van der Waals surface area contributed by atoms with Crippen LogP contribution in [0.2, 0.25) is 0 Å². The highest BCUT2D eigenvalue weighted by atomic mass is 16.5. The van der Waals surface area contributed by atoms with E-state index in [-0.39, 0.29) is 50.8 Å². The molecular formula is C18H24N2O5. The minimum Gasteiger partial charge on any atom is -0.481 e. The van der Waals surface area contributed by atoms with Crippen LogP contribution in [-0.4, -0.2) is 37.2 Å². The highest BCUT2D eigenvalue weighted by molar-refractivity contribution is 5.70. The molecule has 0 saturated carbocycles. The zero-order valence-corrected chi connectivity index (χ0v) is 14.9. The molecule has 0 aliphatic carbocycles. The number of hydrogen-bond acceptors (Lipinski definition) is 7. The standard InChI is InChI=1S/C18H24N2O5/c1-4-24-16(21)8-10-18(13-19,11-9-17(22)25-5-2)14-6-7-15(23-3)20-12-14/h6-7,12H,4-5,8-11H2,1-3H3. The van der Waals surface area contributed by atoms with Crippen LogP contribution in [0.3, 0.4) is 0 Å². The molecule has 1 aromatic rings. The minimum atomic E-state index is -1.03. The summed E-state index contributed by atoms with van der Waals surface area (Å²) in [7, 11) is 1.50. The molecule has 0 unspecified atom stereocenters. The summed E-state index contributed by atoms with van der Waals surface area (Å²) >= 11 is 0. The molecule has 0 aromatic carbocycles. The lowest BCUT2D eigenvalue weighted by Crippen LogP contribution is -2.27. The van der Waals surface area contributed by atoms with Crippen molar-refractivity contribution in [2.75, 3.05) is 20.3 Å². The van der Waals surface area contributed by atoms with Gasteiger partial charge in [-0.1, -0.05) is 6.07 Å². The second-order valence-corrected chi connectivity index (χ2v) is 5.39. The van der Waals surface area contributed by atoms with Gasteiger partial charge >= 0.3 is 11.9 Å². The first-order valence-electron chi connectivity index (χ1n) is 8.24. The van der Waals surface area contributed by atoms with Gasteiger partial charge in [0.2, 0.25) is 5.88 Å². The Labute approximate surface area is 147 Å². The van der Waals surface area contributed by atoms with E-state index in [1.54, 1.807) is 32.2 Å². The first-order chi connectivity index (χ1) is 12.0. The van der Waals surface area contributed by atoms with Crippen molar-refractivity contribution in [2.24, 2.45) is 0 Å². The molecule has 0 fully saturated rings. The number of nitriles is 1. The van der Waals surface area contributed by atoms with Crippen LogP contribution in [0.4, 0.5) is 0 Å². The summed E-state index contributed by atoms with van der Waals surface area (Å²) in [5.41, 5.74) is -0.400. The number of carbonyl (C=O) groups is 2. The Balaban J connectivity index is 3.01. The largest absolute Gasteiger partial charge is 0.481 e. The Bertz CT molecular complexity index is 585. The van der Waals surface area contributed by atoms with Crippen molar-refractivity contribution in [3.05, 3.63) is 23.9 Å². The first kappa shape index (κ1) is 20.4. The van der Waals surface area contributed by atoms with Crippen LogP contribution in [0.25, 0.3) is 0 Å². The molecular weight excluding hydrogens is 324 g/mol. The Morgan fingerprint density at radius 1 is 1.12 bits per heavy atom. The zero-order chi connectivity index (χ0) is 18.7. The van der Waals surface area contributed by atoms with Gasteiger partial charge in [0.25, 0.3) is 0 Å². The lowest BCUT2D eigenvalue weighted by Gasteiger charge is -2.26. The number of nitrogens with zero attached hydrogens (tertiary/aromatic N) is 2. The number of ether oxygens (including phenoxy) is 3. The fourth-order valence-electron chi connectivity index (χ4n) is 2.47. The van der Waals surface area contributed by atoms with Crippen LogP contribution in [0.5, 0.6) is 5.88 Å². The third kappa shape index (κ3) is 6.07. The summed E-state index contributed by atoms with van der Waals surface area (Å²) < 4.78 is 14.9. The molecule has 0 spiro atoms. The number of esters is 2. The molecule has 0 radical (unpaired) electrons. The van der Waals surface area contributed by atoms with Crippen molar-refractivity contribution in [1.29, 1.82) is 5.26 Å². The van der Waals surface area contributed by atoms with Gasteiger partial charge in [-0.15, -0.1) is 0 Å². The van der Waals surface area contributed by atoms with E-state index in [1.807, 2.05) is 0 Å². The van der Waals surface area contributed by atoms with Gasteiger partial charge in [0.05, 0.1) is 31.8 Å². The minimum absolute atomic E-state index is 0.0796. The smallest absolute Gasteiger partial charge is 0.305 e. The average molecular weight is 348 g/mol. The molecule has 0 N–H and O–H groups in total. The maximum atomic E-state index is 11.7. The summed E-state index contributed by atoms with van der Waals surface area (Å²) in [4.78, 5) is 27.6. The lowest BCUT2D eigenvalue weighted by molar-refractivity contribution is -0.143. The number of aromatic nitrogens is 1. The van der Waals surface area contributed by atoms with Crippen LogP contribution in [0, 0.1) is 11.3 Å². The maximum absolute atomic E-state index is 11.7. The van der Waals surface area contributed by atoms with E-state index in [9.17, 15) is 14.9 Å². The van der Waals surface area contributed by atoms with Gasteiger partial charge in [0.1, 0.15) is 0 Å². The quantitative estimate of drug-likeness (QED) is 0.599. The Morgan fingerprint density at radius 2 is 1.68 bits per heavy atom. The Morgan fingerprint density at radius 3 is 2.04 bits per heavy atom. The monoisotopic (exact) mass is 348 g/mol. The van der Waals surface area contributed by atoms with Crippen molar-refractivity contribution in [3.8, 4) is 11.9 Å². The molecule has 0 saturated heterocycles. The van der Waals surface area contributed by atoms with E-state index in [4.69, 9.17) is 14.2 Å². The third-order valence-corrected chi connectivity index (χ3v) is 3.83. The SMILES string of the molecule is CCOC(=O)CCC(C#N)(CCC(=O)OCC)c1ccc(OC)nc1. The van der Waals surface area contributed by atoms with Crippen LogP contribution < -0.4 is 4.74 Å². The van der Waals surface area contributed by atoms with Gasteiger partial charge < -0.3 is 14.2 Å². The van der Waals surface area contributed by atoms with Gasteiger partial charge in [-0.2, -0.15) is 5.26 Å². The van der Waals surface area contributed by atoms with Gasteiger partial charge in [0.15, 0.2) is 0 Å². The molecule has 0 aliphatic heterocycles. The second-order valence-electron chi connectivity index (χ2n) is 5.39. The molecule has 25 heavy (non-hydrogen) atoms. The van der Waals surface area contributed by atoms with Crippen molar-refractivity contribution in [2.45, 2.75) is 44.9 Å². The zero-order valence-electron chi connectivity index (χ0n) is 14.9. The Kier molecular flexibility index (Phi) is 8.40. The van der Waals surface area contributed by atoms with E-state index in [2.05, 4.69) is 11.1 Å². The molecule has 1 rings (SSSR count). The van der Waals surface area contributed by atoms with Crippen molar-refractivity contribution >= 4 is 11.9 Å². The summed E-state index contributed by atoms with van der Waals surface area (Å²) in [5, 5.41) is 9.83. The summed E-state index contributed by atoms with van der Waals surface area (Å²) in [6.45, 7) is 4.02. The number of carbonyl (C=O) groups excluding carboxylic acids is 2. The van der Waals surface area contributed by atoms with Crippen LogP contribution in [0.15, 0.2) is 18.3 Å². The lowest BCUT2D eigenvalue weighted by atomic mass is 9.75. The first-order valence-corrected chi connectivity index (χ1v) is 8.24. The van der Waals surface area contributed by atoms with Gasteiger partial charge in [-0.25, -0.2) is 4.98 Å². The maximum Gasteiger partial charge on any atom is 0.305 e. The van der Waals surface area contributed by atoms with Crippen LogP contribution in [0.1, 0.15) is 45.1 Å². The molecule has 136 valence electrons. The number of pyridine rings is 1. The molecule has 0 bridgehead atoms. The molecule has 0 atom stereocenters. The van der Waals surface area contributed by atoms with E-state index >= 15 is 0 Å². The molecule has 7 nitrogen and oxygen atoms in total. The fourth-order valence-corrected chi connectivity index (χ4v) is 2.47. The van der Waals surface area contributed by atoms with E-state index in [1.165, 1.54) is 7.11 Å². The highest BCUT2D eigenvalue weighted by Gasteiger charge is 2.34. The summed E-state index contributed by atoms with van der Waals surface area (Å²) in [5.74, 6) is -0.328. The third-order valence-electron chi connectivity index (χ3n) is 3.83. The number of hydrogen-bond donors (Lipinski definition) is 0. The summed E-state index contributed by atoms with van der Waals surface area (Å²) in [6, 6.07) is 5.64. The molecule has 1 aromatic heterocycles. The van der Waals surface area contributed by atoms with E-state index < -0.39 is 5.41 Å². The number of rotatable bonds is 10. The van der Waals surface area contributed by atoms with Crippen molar-refractivity contribution in [1.82, 2.24) is 4.98 Å².